The fourth-order valence-corrected chi connectivity index (χ4v) is 2.10. The minimum atomic E-state index is -0.229. The van der Waals surface area contributed by atoms with Crippen LogP contribution in [0.3, 0.4) is 0 Å². The van der Waals surface area contributed by atoms with Crippen molar-refractivity contribution >= 4 is 11.6 Å². The first-order valence-electron chi connectivity index (χ1n) is 7.39. The van der Waals surface area contributed by atoms with Crippen molar-refractivity contribution in [1.29, 1.82) is 0 Å². The van der Waals surface area contributed by atoms with E-state index >= 15 is 0 Å². The molecular formula is C19H16N2O3. The van der Waals surface area contributed by atoms with E-state index in [1.807, 2.05) is 30.3 Å². The van der Waals surface area contributed by atoms with E-state index in [2.05, 4.69) is 10.3 Å². The molecule has 3 rings (SSSR count). The summed E-state index contributed by atoms with van der Waals surface area (Å²) in [5, 5.41) is 2.82. The third kappa shape index (κ3) is 3.89. The lowest BCUT2D eigenvalue weighted by Crippen LogP contribution is -2.12. The lowest BCUT2D eigenvalue weighted by Gasteiger charge is -2.08. The fraction of sp³-hybridized carbons (Fsp3) is 0.0526. The second-order valence-electron chi connectivity index (χ2n) is 4.98. The number of amides is 1. The predicted octanol–water partition coefficient (Wildman–Crippen LogP) is 4.13. The van der Waals surface area contributed by atoms with Crippen molar-refractivity contribution in [3.63, 3.8) is 0 Å². The topological polar surface area (TPSA) is 60.5 Å². The Morgan fingerprint density at radius 1 is 0.958 bits per heavy atom. The standard InChI is InChI=1S/C19H16N2O3/c1-23-18-13-14(11-12-20-18)19(22)21-15-7-9-17(10-8-15)24-16-5-3-2-4-6-16/h2-13H,1H3,(H,21,22). The van der Waals surface area contributed by atoms with Crippen LogP contribution in [-0.4, -0.2) is 18.0 Å². The van der Waals surface area contributed by atoms with E-state index in [0.29, 0.717) is 22.9 Å². The quantitative estimate of drug-likeness (QED) is 0.767. The Hall–Kier alpha value is -3.34. The van der Waals surface area contributed by atoms with E-state index in [0.717, 1.165) is 5.75 Å². The number of para-hydroxylation sites is 1. The van der Waals surface area contributed by atoms with Gasteiger partial charge >= 0.3 is 0 Å². The highest BCUT2D eigenvalue weighted by atomic mass is 16.5. The molecule has 1 amide bonds. The predicted molar refractivity (Wildman–Crippen MR) is 91.7 cm³/mol. The van der Waals surface area contributed by atoms with E-state index in [4.69, 9.17) is 9.47 Å². The van der Waals surface area contributed by atoms with Crippen LogP contribution >= 0.6 is 0 Å². The molecule has 24 heavy (non-hydrogen) atoms. The molecule has 5 nitrogen and oxygen atoms in total. The smallest absolute Gasteiger partial charge is 0.255 e. The number of carbonyl (C=O) groups is 1. The van der Waals surface area contributed by atoms with Gasteiger partial charge in [-0.2, -0.15) is 0 Å². The molecule has 0 saturated carbocycles. The van der Waals surface area contributed by atoms with E-state index < -0.39 is 0 Å². The number of ether oxygens (including phenoxy) is 2. The number of nitrogens with one attached hydrogen (secondary N) is 1. The summed E-state index contributed by atoms with van der Waals surface area (Å²) in [6.45, 7) is 0. The number of hydrogen-bond donors (Lipinski definition) is 1. The van der Waals surface area contributed by atoms with Gasteiger partial charge in [-0.3, -0.25) is 4.79 Å². The summed E-state index contributed by atoms with van der Waals surface area (Å²) in [4.78, 5) is 16.2. The van der Waals surface area contributed by atoms with Crippen LogP contribution in [0.5, 0.6) is 17.4 Å². The Labute approximate surface area is 139 Å². The van der Waals surface area contributed by atoms with E-state index in [1.54, 1.807) is 36.4 Å². The normalized spacial score (nSPS) is 10.0. The van der Waals surface area contributed by atoms with Crippen molar-refractivity contribution in [1.82, 2.24) is 4.98 Å². The summed E-state index contributed by atoms with van der Waals surface area (Å²) < 4.78 is 10.7. The first-order chi connectivity index (χ1) is 11.7. The third-order valence-electron chi connectivity index (χ3n) is 3.30. The van der Waals surface area contributed by atoms with E-state index in [1.165, 1.54) is 13.3 Å². The molecule has 0 aliphatic rings. The Morgan fingerprint density at radius 2 is 1.67 bits per heavy atom. The summed E-state index contributed by atoms with van der Waals surface area (Å²) in [6, 6.07) is 19.9. The van der Waals surface area contributed by atoms with Gasteiger partial charge in [0, 0.05) is 23.5 Å². The van der Waals surface area contributed by atoms with Gasteiger partial charge in [-0.1, -0.05) is 18.2 Å². The van der Waals surface area contributed by atoms with Crippen molar-refractivity contribution in [2.24, 2.45) is 0 Å². The highest BCUT2D eigenvalue weighted by Gasteiger charge is 2.08. The summed E-state index contributed by atoms with van der Waals surface area (Å²) in [6.07, 6.45) is 1.53. The maximum Gasteiger partial charge on any atom is 0.255 e. The van der Waals surface area contributed by atoms with Gasteiger partial charge in [0.05, 0.1) is 7.11 Å². The van der Waals surface area contributed by atoms with Crippen molar-refractivity contribution < 1.29 is 14.3 Å². The van der Waals surface area contributed by atoms with Crippen LogP contribution in [0, 0.1) is 0 Å². The van der Waals surface area contributed by atoms with Gasteiger partial charge < -0.3 is 14.8 Å². The van der Waals surface area contributed by atoms with Gasteiger partial charge in [-0.25, -0.2) is 4.98 Å². The molecule has 1 heterocycles. The molecule has 1 N–H and O–H groups in total. The van der Waals surface area contributed by atoms with E-state index in [9.17, 15) is 4.79 Å². The average Bonchev–Trinajstić information content (AvgIpc) is 2.64. The van der Waals surface area contributed by atoms with Crippen LogP contribution in [-0.2, 0) is 0 Å². The SMILES string of the molecule is COc1cc(C(=O)Nc2ccc(Oc3ccccc3)cc2)ccn1. The molecule has 3 aromatic rings. The molecule has 2 aromatic carbocycles. The maximum atomic E-state index is 12.2. The molecule has 0 atom stereocenters. The van der Waals surface area contributed by atoms with Crippen molar-refractivity contribution in [3.8, 4) is 17.4 Å². The molecule has 0 unspecified atom stereocenters. The van der Waals surface area contributed by atoms with E-state index in [-0.39, 0.29) is 5.91 Å². The van der Waals surface area contributed by atoms with Crippen LogP contribution in [0.2, 0.25) is 0 Å². The number of carbonyl (C=O) groups excluding carboxylic acids is 1. The van der Waals surface area contributed by atoms with Gasteiger partial charge in [0.15, 0.2) is 0 Å². The number of rotatable bonds is 5. The average molecular weight is 320 g/mol. The minimum absolute atomic E-state index is 0.229. The molecule has 0 aliphatic heterocycles. The number of pyridine rings is 1. The zero-order valence-corrected chi connectivity index (χ0v) is 13.1. The van der Waals surface area contributed by atoms with Gasteiger partial charge in [0.1, 0.15) is 11.5 Å². The number of aromatic nitrogens is 1. The second kappa shape index (κ2) is 7.28. The van der Waals surface area contributed by atoms with Crippen LogP contribution < -0.4 is 14.8 Å². The zero-order valence-electron chi connectivity index (χ0n) is 13.1. The molecule has 0 saturated heterocycles. The number of hydrogen-bond acceptors (Lipinski definition) is 4. The van der Waals surface area contributed by atoms with Gasteiger partial charge in [-0.15, -0.1) is 0 Å². The summed E-state index contributed by atoms with van der Waals surface area (Å²) in [5.74, 6) is 1.63. The Morgan fingerprint density at radius 3 is 2.38 bits per heavy atom. The summed E-state index contributed by atoms with van der Waals surface area (Å²) in [7, 11) is 1.51. The van der Waals surface area contributed by atoms with Gasteiger partial charge in [-0.05, 0) is 42.5 Å². The fourth-order valence-electron chi connectivity index (χ4n) is 2.10. The molecule has 0 aliphatic carbocycles. The monoisotopic (exact) mass is 320 g/mol. The van der Waals surface area contributed by atoms with Gasteiger partial charge in [0.25, 0.3) is 5.91 Å². The highest BCUT2D eigenvalue weighted by Crippen LogP contribution is 2.23. The Kier molecular flexibility index (Phi) is 4.72. The van der Waals surface area contributed by atoms with Crippen molar-refractivity contribution in [2.45, 2.75) is 0 Å². The molecule has 0 radical (unpaired) electrons. The van der Waals surface area contributed by atoms with Gasteiger partial charge in [0.2, 0.25) is 5.88 Å². The van der Waals surface area contributed by atoms with Crippen LogP contribution in [0.15, 0.2) is 72.9 Å². The lowest BCUT2D eigenvalue weighted by molar-refractivity contribution is 0.102. The van der Waals surface area contributed by atoms with Crippen LogP contribution in [0.25, 0.3) is 0 Å². The summed E-state index contributed by atoms with van der Waals surface area (Å²) in [5.41, 5.74) is 1.16. The zero-order chi connectivity index (χ0) is 16.8. The largest absolute Gasteiger partial charge is 0.481 e. The Bertz CT molecular complexity index is 818. The lowest BCUT2D eigenvalue weighted by atomic mass is 10.2. The third-order valence-corrected chi connectivity index (χ3v) is 3.30. The molecule has 0 fully saturated rings. The number of benzene rings is 2. The van der Waals surface area contributed by atoms with Crippen LogP contribution in [0.1, 0.15) is 10.4 Å². The molecule has 0 bridgehead atoms. The number of methoxy groups -OCH3 is 1. The molecular weight excluding hydrogens is 304 g/mol. The first kappa shape index (κ1) is 15.6. The van der Waals surface area contributed by atoms with Crippen LogP contribution in [0.4, 0.5) is 5.69 Å². The van der Waals surface area contributed by atoms with Crippen molar-refractivity contribution in [3.05, 3.63) is 78.5 Å². The first-order valence-corrected chi connectivity index (χ1v) is 7.39. The molecule has 0 spiro atoms. The number of anilines is 1. The molecule has 5 heteroatoms. The number of nitrogens with zero attached hydrogens (tertiary/aromatic N) is 1. The minimum Gasteiger partial charge on any atom is -0.481 e. The molecule has 120 valence electrons. The van der Waals surface area contributed by atoms with Crippen molar-refractivity contribution in [2.75, 3.05) is 12.4 Å². The highest BCUT2D eigenvalue weighted by molar-refractivity contribution is 6.04. The second-order valence-corrected chi connectivity index (χ2v) is 4.98. The Balaban J connectivity index is 1.66. The summed E-state index contributed by atoms with van der Waals surface area (Å²) >= 11 is 0. The molecule has 1 aromatic heterocycles. The maximum absolute atomic E-state index is 12.2.